The lowest BCUT2D eigenvalue weighted by atomic mass is 9.86. The van der Waals surface area contributed by atoms with Crippen LogP contribution in [0.4, 0.5) is 0 Å². The first-order valence-electron chi connectivity index (χ1n) is 6.95. The van der Waals surface area contributed by atoms with Crippen molar-refractivity contribution in [2.75, 3.05) is 14.1 Å². The summed E-state index contributed by atoms with van der Waals surface area (Å²) in [5.74, 6) is 0. The first-order valence-corrected chi connectivity index (χ1v) is 6.95. The fraction of sp³-hybridized carbons (Fsp3) is 1.00. The zero-order chi connectivity index (χ0) is 11.8. The highest BCUT2D eigenvalue weighted by Crippen LogP contribution is 2.41. The lowest BCUT2D eigenvalue weighted by molar-refractivity contribution is 0.134. The highest BCUT2D eigenvalue weighted by atomic mass is 15.2. The molecule has 0 heterocycles. The lowest BCUT2D eigenvalue weighted by Crippen LogP contribution is -2.51. The van der Waals surface area contributed by atoms with Gasteiger partial charge in [-0.25, -0.2) is 0 Å². The number of hydrogen-bond acceptors (Lipinski definition) is 2. The third-order valence-electron chi connectivity index (χ3n) is 5.05. The van der Waals surface area contributed by atoms with E-state index in [9.17, 15) is 0 Å². The second kappa shape index (κ2) is 4.66. The van der Waals surface area contributed by atoms with Gasteiger partial charge in [0.25, 0.3) is 0 Å². The largest absolute Gasteiger partial charge is 0.315 e. The van der Waals surface area contributed by atoms with E-state index < -0.39 is 0 Å². The summed E-state index contributed by atoms with van der Waals surface area (Å²) in [7, 11) is 4.49. The SMILES string of the molecule is CNC1C(N(C)C2CCCC2)CCC1(C)C. The molecule has 2 aliphatic carbocycles. The highest BCUT2D eigenvalue weighted by Gasteiger charge is 2.44. The molecule has 2 saturated carbocycles. The highest BCUT2D eigenvalue weighted by molar-refractivity contribution is 5.01. The van der Waals surface area contributed by atoms with E-state index in [0.29, 0.717) is 11.5 Å². The normalized spacial score (nSPS) is 35.1. The fourth-order valence-electron chi connectivity index (χ4n) is 3.97. The predicted octanol–water partition coefficient (Wildman–Crippen LogP) is 2.64. The Morgan fingerprint density at radius 1 is 1.12 bits per heavy atom. The topological polar surface area (TPSA) is 15.3 Å². The summed E-state index contributed by atoms with van der Waals surface area (Å²) in [5, 5.41) is 3.57. The first kappa shape index (κ1) is 12.4. The molecule has 0 aromatic rings. The van der Waals surface area contributed by atoms with Crippen LogP contribution in [0.5, 0.6) is 0 Å². The average Bonchev–Trinajstić information content (AvgIpc) is 2.83. The van der Waals surface area contributed by atoms with Crippen LogP contribution in [0.3, 0.4) is 0 Å². The predicted molar refractivity (Wildman–Crippen MR) is 69.7 cm³/mol. The molecule has 0 aromatic carbocycles. The van der Waals surface area contributed by atoms with Crippen LogP contribution in [-0.4, -0.2) is 37.1 Å². The molecule has 0 radical (unpaired) electrons. The zero-order valence-electron chi connectivity index (χ0n) is 11.4. The Morgan fingerprint density at radius 2 is 1.75 bits per heavy atom. The molecule has 2 heteroatoms. The summed E-state index contributed by atoms with van der Waals surface area (Å²) in [5.41, 5.74) is 0.465. The van der Waals surface area contributed by atoms with Crippen molar-refractivity contribution in [1.29, 1.82) is 0 Å². The molecule has 0 amide bonds. The zero-order valence-corrected chi connectivity index (χ0v) is 11.4. The summed E-state index contributed by atoms with van der Waals surface area (Å²) < 4.78 is 0. The van der Waals surface area contributed by atoms with Gasteiger partial charge in [-0.05, 0) is 45.2 Å². The monoisotopic (exact) mass is 224 g/mol. The molecule has 0 saturated heterocycles. The van der Waals surface area contributed by atoms with E-state index >= 15 is 0 Å². The number of nitrogens with zero attached hydrogens (tertiary/aromatic N) is 1. The third-order valence-corrected chi connectivity index (χ3v) is 5.05. The number of hydrogen-bond donors (Lipinski definition) is 1. The van der Waals surface area contributed by atoms with E-state index in [0.717, 1.165) is 12.1 Å². The van der Waals surface area contributed by atoms with Crippen molar-refractivity contribution >= 4 is 0 Å². The fourth-order valence-corrected chi connectivity index (χ4v) is 3.97. The van der Waals surface area contributed by atoms with Crippen LogP contribution in [0.1, 0.15) is 52.4 Å². The van der Waals surface area contributed by atoms with Gasteiger partial charge in [-0.3, -0.25) is 4.90 Å². The second-order valence-electron chi connectivity index (χ2n) is 6.46. The molecule has 2 nitrogen and oxygen atoms in total. The maximum atomic E-state index is 3.57. The van der Waals surface area contributed by atoms with Crippen molar-refractivity contribution in [2.24, 2.45) is 5.41 Å². The van der Waals surface area contributed by atoms with Crippen LogP contribution < -0.4 is 5.32 Å². The molecule has 94 valence electrons. The van der Waals surface area contributed by atoms with Crippen molar-refractivity contribution < 1.29 is 0 Å². The Kier molecular flexibility index (Phi) is 3.60. The van der Waals surface area contributed by atoms with Crippen molar-refractivity contribution in [3.05, 3.63) is 0 Å². The van der Waals surface area contributed by atoms with Gasteiger partial charge in [0.1, 0.15) is 0 Å². The summed E-state index contributed by atoms with van der Waals surface area (Å²) in [4.78, 5) is 2.68. The Bertz CT molecular complexity index is 231. The second-order valence-corrected chi connectivity index (χ2v) is 6.46. The van der Waals surface area contributed by atoms with Gasteiger partial charge in [-0.2, -0.15) is 0 Å². The van der Waals surface area contributed by atoms with Gasteiger partial charge in [-0.15, -0.1) is 0 Å². The smallest absolute Gasteiger partial charge is 0.0271 e. The molecular weight excluding hydrogens is 196 g/mol. The molecule has 0 aliphatic heterocycles. The van der Waals surface area contributed by atoms with Crippen LogP contribution in [-0.2, 0) is 0 Å². The van der Waals surface area contributed by atoms with Crippen LogP contribution in [0.15, 0.2) is 0 Å². The number of likely N-dealkylation sites (N-methyl/N-ethyl adjacent to an activating group) is 2. The Balaban J connectivity index is 2.03. The molecule has 2 fully saturated rings. The van der Waals surface area contributed by atoms with Crippen LogP contribution in [0.25, 0.3) is 0 Å². The Morgan fingerprint density at radius 3 is 2.31 bits per heavy atom. The van der Waals surface area contributed by atoms with Crippen molar-refractivity contribution in [1.82, 2.24) is 10.2 Å². The lowest BCUT2D eigenvalue weighted by Gasteiger charge is -2.38. The standard InChI is InChI=1S/C14H28N2/c1-14(2)10-9-12(13(14)15-3)16(4)11-7-5-6-8-11/h11-13,15H,5-10H2,1-4H3. The maximum absolute atomic E-state index is 3.57. The summed E-state index contributed by atoms with van der Waals surface area (Å²) in [6.45, 7) is 4.83. The number of rotatable bonds is 3. The van der Waals surface area contributed by atoms with Crippen molar-refractivity contribution in [3.8, 4) is 0 Å². The molecule has 0 bridgehead atoms. The molecule has 2 aliphatic rings. The molecular formula is C14H28N2. The van der Waals surface area contributed by atoms with Gasteiger partial charge >= 0.3 is 0 Å². The minimum atomic E-state index is 0.465. The van der Waals surface area contributed by atoms with E-state index in [-0.39, 0.29) is 0 Å². The quantitative estimate of drug-likeness (QED) is 0.793. The molecule has 0 aromatic heterocycles. The summed E-state index contributed by atoms with van der Waals surface area (Å²) in [6, 6.07) is 2.27. The summed E-state index contributed by atoms with van der Waals surface area (Å²) >= 11 is 0. The maximum Gasteiger partial charge on any atom is 0.0271 e. The van der Waals surface area contributed by atoms with Gasteiger partial charge in [-0.1, -0.05) is 26.7 Å². The van der Waals surface area contributed by atoms with Crippen LogP contribution in [0.2, 0.25) is 0 Å². The Hall–Kier alpha value is -0.0800. The van der Waals surface area contributed by atoms with Crippen LogP contribution in [0, 0.1) is 5.41 Å². The third kappa shape index (κ3) is 2.14. The van der Waals surface area contributed by atoms with E-state index in [4.69, 9.17) is 0 Å². The van der Waals surface area contributed by atoms with E-state index in [1.165, 1.54) is 38.5 Å². The van der Waals surface area contributed by atoms with E-state index in [1.807, 2.05) is 0 Å². The average molecular weight is 224 g/mol. The van der Waals surface area contributed by atoms with Crippen LogP contribution >= 0.6 is 0 Å². The van der Waals surface area contributed by atoms with Crippen molar-refractivity contribution in [3.63, 3.8) is 0 Å². The molecule has 1 N–H and O–H groups in total. The molecule has 16 heavy (non-hydrogen) atoms. The molecule has 2 rings (SSSR count). The Labute approximate surface area is 101 Å². The molecule has 2 unspecified atom stereocenters. The molecule has 2 atom stereocenters. The number of nitrogens with one attached hydrogen (secondary N) is 1. The van der Waals surface area contributed by atoms with E-state index in [2.05, 4.69) is 38.2 Å². The minimum absolute atomic E-state index is 0.465. The van der Waals surface area contributed by atoms with Gasteiger partial charge in [0.15, 0.2) is 0 Å². The van der Waals surface area contributed by atoms with E-state index in [1.54, 1.807) is 0 Å². The molecule has 0 spiro atoms. The summed E-state index contributed by atoms with van der Waals surface area (Å²) in [6.07, 6.45) is 8.45. The van der Waals surface area contributed by atoms with Gasteiger partial charge in [0, 0.05) is 18.1 Å². The van der Waals surface area contributed by atoms with Gasteiger partial charge in [0.05, 0.1) is 0 Å². The van der Waals surface area contributed by atoms with Gasteiger partial charge < -0.3 is 5.32 Å². The first-order chi connectivity index (χ1) is 7.56. The van der Waals surface area contributed by atoms with Crippen molar-refractivity contribution in [2.45, 2.75) is 70.5 Å². The van der Waals surface area contributed by atoms with Gasteiger partial charge in [0.2, 0.25) is 0 Å². The minimum Gasteiger partial charge on any atom is -0.315 e.